The largest absolute Gasteiger partial charge is 0.369 e. The molecule has 10 atom stereocenters. The first-order chi connectivity index (χ1) is 15.9. The van der Waals surface area contributed by atoms with E-state index >= 15 is 0 Å². The number of aromatic amines is 1. The normalized spacial score (nSPS) is 50.9. The number of H-pyrrole nitrogens is 1. The molecule has 33 heavy (non-hydrogen) atoms. The molecule has 4 aliphatic carbocycles. The average Bonchev–Trinajstić information content (AvgIpc) is 3.43. The second-order valence-corrected chi connectivity index (χ2v) is 13.4. The Morgan fingerprint density at radius 1 is 1.12 bits per heavy atom. The minimum Gasteiger partial charge on any atom is -0.369 e. The molecule has 0 bridgehead atoms. The molecular formula is C29H43N3O. The van der Waals surface area contributed by atoms with Crippen LogP contribution in [-0.2, 0) is 17.6 Å². The van der Waals surface area contributed by atoms with Crippen molar-refractivity contribution in [2.45, 2.75) is 103 Å². The number of ether oxygens (including phenoxy) is 1. The van der Waals surface area contributed by atoms with Gasteiger partial charge in [-0.15, -0.1) is 0 Å². The lowest BCUT2D eigenvalue weighted by molar-refractivity contribution is -0.0733. The number of fused-ring (bicyclic) bond motifs is 7. The lowest BCUT2D eigenvalue weighted by atomic mass is 9.52. The van der Waals surface area contributed by atoms with E-state index in [1.807, 2.05) is 5.57 Å². The van der Waals surface area contributed by atoms with Gasteiger partial charge in [-0.1, -0.05) is 31.9 Å². The van der Waals surface area contributed by atoms with Crippen molar-refractivity contribution < 1.29 is 4.74 Å². The fourth-order valence-electron chi connectivity index (χ4n) is 10.0. The van der Waals surface area contributed by atoms with Crippen molar-refractivity contribution in [2.75, 3.05) is 6.54 Å². The number of nitrogens with one attached hydrogen (secondary N) is 2. The summed E-state index contributed by atoms with van der Waals surface area (Å²) in [5.41, 5.74) is 7.00. The fourth-order valence-corrected chi connectivity index (χ4v) is 10.0. The van der Waals surface area contributed by atoms with Gasteiger partial charge in [0.1, 0.15) is 0 Å². The summed E-state index contributed by atoms with van der Waals surface area (Å²) in [7, 11) is 0. The molecule has 2 aliphatic heterocycles. The number of piperidine rings is 1. The summed E-state index contributed by atoms with van der Waals surface area (Å²) in [6, 6.07) is 0.561. The first-order valence-corrected chi connectivity index (χ1v) is 14.0. The van der Waals surface area contributed by atoms with E-state index in [4.69, 9.17) is 4.74 Å². The van der Waals surface area contributed by atoms with Crippen LogP contribution in [0.1, 0.15) is 83.9 Å². The van der Waals surface area contributed by atoms with Crippen LogP contribution in [-0.4, -0.2) is 34.5 Å². The van der Waals surface area contributed by atoms with Crippen molar-refractivity contribution in [1.82, 2.24) is 15.5 Å². The molecule has 0 radical (unpaired) electrons. The molecule has 2 N–H and O–H groups in total. The van der Waals surface area contributed by atoms with Gasteiger partial charge >= 0.3 is 0 Å². The van der Waals surface area contributed by atoms with E-state index in [9.17, 15) is 0 Å². The molecule has 0 unspecified atom stereocenters. The van der Waals surface area contributed by atoms with Crippen LogP contribution in [0.2, 0.25) is 0 Å². The Bertz CT molecular complexity index is 981. The van der Waals surface area contributed by atoms with Gasteiger partial charge in [0.2, 0.25) is 0 Å². The predicted octanol–water partition coefficient (Wildman–Crippen LogP) is 5.45. The van der Waals surface area contributed by atoms with Gasteiger partial charge in [-0.2, -0.15) is 5.10 Å². The van der Waals surface area contributed by atoms with Crippen LogP contribution in [0.15, 0.2) is 17.3 Å². The summed E-state index contributed by atoms with van der Waals surface area (Å²) in [6.45, 7) is 11.2. The van der Waals surface area contributed by atoms with Crippen molar-refractivity contribution in [3.63, 3.8) is 0 Å². The van der Waals surface area contributed by atoms with E-state index in [0.29, 0.717) is 23.5 Å². The van der Waals surface area contributed by atoms with Gasteiger partial charge in [0, 0.05) is 17.7 Å². The van der Waals surface area contributed by atoms with Gasteiger partial charge in [-0.25, -0.2) is 0 Å². The highest BCUT2D eigenvalue weighted by Crippen LogP contribution is 2.64. The molecule has 4 fully saturated rings. The molecule has 2 saturated heterocycles. The molecule has 4 nitrogen and oxygen atoms in total. The summed E-state index contributed by atoms with van der Waals surface area (Å²) in [4.78, 5) is 0. The van der Waals surface area contributed by atoms with Gasteiger partial charge < -0.3 is 10.1 Å². The van der Waals surface area contributed by atoms with Crippen LogP contribution >= 0.6 is 0 Å². The van der Waals surface area contributed by atoms with E-state index in [-0.39, 0.29) is 5.60 Å². The van der Waals surface area contributed by atoms with Gasteiger partial charge in [0.15, 0.2) is 0 Å². The minimum absolute atomic E-state index is 0.0704. The van der Waals surface area contributed by atoms with Crippen LogP contribution in [0, 0.1) is 40.9 Å². The van der Waals surface area contributed by atoms with E-state index in [2.05, 4.69) is 49.4 Å². The van der Waals surface area contributed by atoms with Crippen LogP contribution in [0.4, 0.5) is 0 Å². The maximum Gasteiger partial charge on any atom is 0.0765 e. The van der Waals surface area contributed by atoms with E-state index in [1.165, 1.54) is 69.0 Å². The SMILES string of the molecule is CC1=C2C[C@H]3[C@@H](CC[C@H]4Cc5[nH]ncc5C[C@@]43C)[C@@H]2CC[C@@]2(C1)O[C@@H]1C[C@H](C)CN[C@H]1[C@H]2C. The van der Waals surface area contributed by atoms with E-state index in [0.717, 1.165) is 36.1 Å². The standard InChI is InChI=1S/C29H43N3O/c1-16-9-26-27(30-14-16)18(3)29(33-26)8-7-21-22-6-5-20-10-25-19(15-31-32-25)13-28(20,4)24(22)11-23(21)17(2)12-29/h15-16,18,20-22,24,26-27,30H,5-14H2,1-4H3,(H,31,32)/t16-,18+,20-,21-,22-,24-,26+,27-,28-,29-/m0/s1. The number of aromatic nitrogens is 2. The Labute approximate surface area is 199 Å². The van der Waals surface area contributed by atoms with Crippen molar-refractivity contribution in [3.8, 4) is 0 Å². The number of nitrogens with zero attached hydrogens (tertiary/aromatic N) is 1. The van der Waals surface area contributed by atoms with Crippen LogP contribution in [0.3, 0.4) is 0 Å². The summed E-state index contributed by atoms with van der Waals surface area (Å²) in [5.74, 6) is 4.73. The monoisotopic (exact) mass is 449 g/mol. The third-order valence-corrected chi connectivity index (χ3v) is 11.9. The van der Waals surface area contributed by atoms with Crippen LogP contribution in [0.25, 0.3) is 0 Å². The van der Waals surface area contributed by atoms with Crippen molar-refractivity contribution in [3.05, 3.63) is 28.6 Å². The highest BCUT2D eigenvalue weighted by atomic mass is 16.5. The molecule has 1 aromatic heterocycles. The zero-order valence-electron chi connectivity index (χ0n) is 21.1. The first-order valence-electron chi connectivity index (χ1n) is 14.0. The Morgan fingerprint density at radius 2 is 2.00 bits per heavy atom. The maximum atomic E-state index is 7.06. The Balaban J connectivity index is 1.19. The van der Waals surface area contributed by atoms with Crippen molar-refractivity contribution in [2.24, 2.45) is 40.9 Å². The number of rotatable bonds is 0. The smallest absolute Gasteiger partial charge is 0.0765 e. The Kier molecular flexibility index (Phi) is 4.62. The van der Waals surface area contributed by atoms with Gasteiger partial charge in [0.25, 0.3) is 0 Å². The highest BCUT2D eigenvalue weighted by Gasteiger charge is 2.59. The summed E-state index contributed by atoms with van der Waals surface area (Å²) in [6.07, 6.45) is 14.2. The molecule has 6 aliphatic rings. The summed E-state index contributed by atoms with van der Waals surface area (Å²) >= 11 is 0. The average molecular weight is 450 g/mol. The second kappa shape index (κ2) is 7.20. The molecule has 7 rings (SSSR count). The predicted molar refractivity (Wildman–Crippen MR) is 131 cm³/mol. The molecule has 2 saturated carbocycles. The van der Waals surface area contributed by atoms with Crippen molar-refractivity contribution in [1.29, 1.82) is 0 Å². The van der Waals surface area contributed by atoms with Crippen LogP contribution < -0.4 is 5.32 Å². The number of hydrogen-bond acceptors (Lipinski definition) is 3. The highest BCUT2D eigenvalue weighted by molar-refractivity contribution is 5.32. The van der Waals surface area contributed by atoms with Gasteiger partial charge in [-0.3, -0.25) is 5.10 Å². The third-order valence-electron chi connectivity index (χ3n) is 11.9. The molecule has 1 aromatic rings. The van der Waals surface area contributed by atoms with Gasteiger partial charge in [-0.05, 0) is 112 Å². The molecule has 180 valence electrons. The van der Waals surface area contributed by atoms with Crippen molar-refractivity contribution >= 4 is 0 Å². The van der Waals surface area contributed by atoms with E-state index < -0.39 is 0 Å². The zero-order chi connectivity index (χ0) is 22.5. The first kappa shape index (κ1) is 21.2. The molecule has 0 aromatic carbocycles. The van der Waals surface area contributed by atoms with E-state index in [1.54, 1.807) is 5.57 Å². The number of allylic oxidation sites excluding steroid dienone is 1. The number of hydrogen-bond donors (Lipinski definition) is 2. The molecular weight excluding hydrogens is 406 g/mol. The zero-order valence-corrected chi connectivity index (χ0v) is 21.1. The Hall–Kier alpha value is -1.13. The summed E-state index contributed by atoms with van der Waals surface area (Å²) in [5, 5.41) is 11.6. The lowest BCUT2D eigenvalue weighted by Gasteiger charge is -2.52. The molecule has 0 amide bonds. The minimum atomic E-state index is 0.0704. The Morgan fingerprint density at radius 3 is 2.88 bits per heavy atom. The molecule has 4 heteroatoms. The molecule has 1 spiro atoms. The molecule has 3 heterocycles. The van der Waals surface area contributed by atoms with Gasteiger partial charge in [0.05, 0.1) is 17.9 Å². The second-order valence-electron chi connectivity index (χ2n) is 13.4. The third kappa shape index (κ3) is 2.92. The lowest BCUT2D eigenvalue weighted by Crippen LogP contribution is -2.48. The quantitative estimate of drug-likeness (QED) is 0.518. The fraction of sp³-hybridized carbons (Fsp3) is 0.828. The maximum absolute atomic E-state index is 7.06. The van der Waals surface area contributed by atoms with Crippen LogP contribution in [0.5, 0.6) is 0 Å². The topological polar surface area (TPSA) is 49.9 Å². The summed E-state index contributed by atoms with van der Waals surface area (Å²) < 4.78 is 7.06.